The Balaban J connectivity index is 2.49. The van der Waals surface area contributed by atoms with Gasteiger partial charge in [-0.1, -0.05) is 0 Å². The molecule has 3 amide bonds. The largest absolute Gasteiger partial charge is 0.480 e. The van der Waals surface area contributed by atoms with Gasteiger partial charge in [0, 0.05) is 20.1 Å². The third-order valence-electron chi connectivity index (χ3n) is 2.45. The van der Waals surface area contributed by atoms with Gasteiger partial charge in [-0.3, -0.25) is 9.59 Å². The molecule has 0 aromatic rings. The number of hydrogen-bond donors (Lipinski definition) is 2. The van der Waals surface area contributed by atoms with Crippen LogP contribution in [0.2, 0.25) is 0 Å². The Hall–Kier alpha value is -1.79. The Kier molecular flexibility index (Phi) is 3.70. The Bertz CT molecular complexity index is 318. The lowest BCUT2D eigenvalue weighted by atomic mass is 10.3. The number of rotatable bonds is 2. The molecule has 1 aliphatic heterocycles. The molecule has 0 aromatic heterocycles. The molecule has 1 heterocycles. The van der Waals surface area contributed by atoms with Crippen LogP contribution in [0.25, 0.3) is 0 Å². The van der Waals surface area contributed by atoms with Crippen LogP contribution in [0.5, 0.6) is 0 Å². The second-order valence-electron chi connectivity index (χ2n) is 3.75. The van der Waals surface area contributed by atoms with E-state index in [1.165, 1.54) is 16.7 Å². The summed E-state index contributed by atoms with van der Waals surface area (Å²) in [6, 6.07) is -1.47. The van der Waals surface area contributed by atoms with Gasteiger partial charge >= 0.3 is 12.0 Å². The van der Waals surface area contributed by atoms with E-state index in [0.29, 0.717) is 13.1 Å². The highest BCUT2D eigenvalue weighted by Gasteiger charge is 2.26. The summed E-state index contributed by atoms with van der Waals surface area (Å²) in [4.78, 5) is 36.2. The molecule has 0 aromatic carbocycles. The number of urea groups is 1. The van der Waals surface area contributed by atoms with Gasteiger partial charge in [-0.05, 0) is 6.92 Å². The van der Waals surface area contributed by atoms with Gasteiger partial charge in [0.1, 0.15) is 12.6 Å². The minimum absolute atomic E-state index is 0.00529. The number of carboxylic acids is 1. The normalized spacial score (nSPS) is 18.2. The fourth-order valence-electron chi connectivity index (χ4n) is 1.27. The van der Waals surface area contributed by atoms with Crippen LogP contribution in [-0.4, -0.2) is 65.5 Å². The number of likely N-dealkylation sites (N-methyl/N-ethyl adjacent to an activating group) is 1. The molecule has 0 saturated carbocycles. The molecule has 1 atom stereocenters. The van der Waals surface area contributed by atoms with Crippen LogP contribution in [0.15, 0.2) is 0 Å². The molecule has 7 nitrogen and oxygen atoms in total. The molecule has 0 bridgehead atoms. The molecule has 90 valence electrons. The Morgan fingerprint density at radius 2 is 2.06 bits per heavy atom. The standard InChI is InChI=1S/C9H15N3O4/c1-6(8(14)15)10-9(16)12-4-3-11(2)7(13)5-12/h6H,3-5H2,1-2H3,(H,10,16)(H,14,15). The lowest BCUT2D eigenvalue weighted by Crippen LogP contribution is -2.55. The first-order valence-corrected chi connectivity index (χ1v) is 4.94. The zero-order valence-corrected chi connectivity index (χ0v) is 9.27. The zero-order chi connectivity index (χ0) is 12.3. The minimum Gasteiger partial charge on any atom is -0.480 e. The molecule has 0 aliphatic carbocycles. The Morgan fingerprint density at radius 3 is 2.56 bits per heavy atom. The number of carboxylic acid groups (broad SMARTS) is 1. The number of amides is 3. The minimum atomic E-state index is -1.10. The van der Waals surface area contributed by atoms with Gasteiger partial charge in [-0.25, -0.2) is 4.79 Å². The van der Waals surface area contributed by atoms with E-state index in [0.717, 1.165) is 0 Å². The molecule has 1 aliphatic rings. The van der Waals surface area contributed by atoms with Gasteiger partial charge in [-0.2, -0.15) is 0 Å². The maximum Gasteiger partial charge on any atom is 0.325 e. The van der Waals surface area contributed by atoms with Gasteiger partial charge in [0.05, 0.1) is 0 Å². The lowest BCUT2D eigenvalue weighted by Gasteiger charge is -2.32. The average molecular weight is 229 g/mol. The summed E-state index contributed by atoms with van der Waals surface area (Å²) in [7, 11) is 1.66. The van der Waals surface area contributed by atoms with E-state index in [2.05, 4.69) is 5.32 Å². The van der Waals surface area contributed by atoms with Crippen LogP contribution in [0, 0.1) is 0 Å². The SMILES string of the molecule is CC(NC(=O)N1CCN(C)C(=O)C1)C(=O)O. The number of nitrogens with zero attached hydrogens (tertiary/aromatic N) is 2. The van der Waals surface area contributed by atoms with Gasteiger partial charge in [0.2, 0.25) is 5.91 Å². The summed E-state index contributed by atoms with van der Waals surface area (Å²) in [5.74, 6) is -1.25. The van der Waals surface area contributed by atoms with Crippen molar-refractivity contribution in [3.05, 3.63) is 0 Å². The molecule has 1 rings (SSSR count). The third kappa shape index (κ3) is 2.85. The van der Waals surface area contributed by atoms with Gasteiger partial charge in [0.25, 0.3) is 0 Å². The molecule has 0 radical (unpaired) electrons. The first-order chi connectivity index (χ1) is 7.41. The number of piperazine rings is 1. The maximum absolute atomic E-state index is 11.5. The van der Waals surface area contributed by atoms with Crippen molar-refractivity contribution < 1.29 is 19.5 Å². The van der Waals surface area contributed by atoms with Crippen molar-refractivity contribution in [2.75, 3.05) is 26.7 Å². The highest BCUT2D eigenvalue weighted by atomic mass is 16.4. The van der Waals surface area contributed by atoms with Crippen LogP contribution in [0.1, 0.15) is 6.92 Å². The van der Waals surface area contributed by atoms with E-state index in [9.17, 15) is 14.4 Å². The lowest BCUT2D eigenvalue weighted by molar-refractivity contribution is -0.138. The monoisotopic (exact) mass is 229 g/mol. The first kappa shape index (κ1) is 12.3. The van der Waals surface area contributed by atoms with E-state index >= 15 is 0 Å². The molecule has 7 heteroatoms. The van der Waals surface area contributed by atoms with Gasteiger partial charge in [0.15, 0.2) is 0 Å². The van der Waals surface area contributed by atoms with Crippen molar-refractivity contribution in [3.63, 3.8) is 0 Å². The van der Waals surface area contributed by atoms with E-state index in [-0.39, 0.29) is 12.5 Å². The second-order valence-corrected chi connectivity index (χ2v) is 3.75. The average Bonchev–Trinajstić information content (AvgIpc) is 2.21. The molecular weight excluding hydrogens is 214 g/mol. The summed E-state index contributed by atoms with van der Waals surface area (Å²) in [6.07, 6.45) is 0. The van der Waals surface area contributed by atoms with E-state index in [1.54, 1.807) is 7.05 Å². The number of carbonyl (C=O) groups excluding carboxylic acids is 2. The van der Waals surface area contributed by atoms with E-state index in [4.69, 9.17) is 5.11 Å². The van der Waals surface area contributed by atoms with Gasteiger partial charge < -0.3 is 20.2 Å². The van der Waals surface area contributed by atoms with Crippen molar-refractivity contribution in [1.82, 2.24) is 15.1 Å². The third-order valence-corrected chi connectivity index (χ3v) is 2.45. The number of hydrogen-bond acceptors (Lipinski definition) is 3. The molecule has 1 saturated heterocycles. The fraction of sp³-hybridized carbons (Fsp3) is 0.667. The quantitative estimate of drug-likeness (QED) is 0.631. The van der Waals surface area contributed by atoms with Crippen molar-refractivity contribution in [2.24, 2.45) is 0 Å². The summed E-state index contributed by atoms with van der Waals surface area (Å²) in [6.45, 7) is 2.25. The van der Waals surface area contributed by atoms with Crippen molar-refractivity contribution in [1.29, 1.82) is 0 Å². The van der Waals surface area contributed by atoms with Gasteiger partial charge in [-0.15, -0.1) is 0 Å². The van der Waals surface area contributed by atoms with E-state index < -0.39 is 18.0 Å². The van der Waals surface area contributed by atoms with Crippen molar-refractivity contribution in [3.8, 4) is 0 Å². The fourth-order valence-corrected chi connectivity index (χ4v) is 1.27. The number of aliphatic carboxylic acids is 1. The molecule has 2 N–H and O–H groups in total. The molecule has 16 heavy (non-hydrogen) atoms. The predicted molar refractivity (Wildman–Crippen MR) is 54.8 cm³/mol. The summed E-state index contributed by atoms with van der Waals surface area (Å²) < 4.78 is 0. The highest BCUT2D eigenvalue weighted by Crippen LogP contribution is 2.01. The number of carbonyl (C=O) groups is 3. The summed E-state index contributed by atoms with van der Waals surface area (Å²) in [5, 5.41) is 10.9. The van der Waals surface area contributed by atoms with Crippen molar-refractivity contribution in [2.45, 2.75) is 13.0 Å². The Morgan fingerprint density at radius 1 is 1.44 bits per heavy atom. The second kappa shape index (κ2) is 4.82. The summed E-state index contributed by atoms with van der Waals surface area (Å²) >= 11 is 0. The van der Waals surface area contributed by atoms with E-state index in [1.807, 2.05) is 0 Å². The zero-order valence-electron chi connectivity index (χ0n) is 9.27. The summed E-state index contributed by atoms with van der Waals surface area (Å²) in [5.41, 5.74) is 0. The molecule has 1 fully saturated rings. The molecular formula is C9H15N3O4. The van der Waals surface area contributed by atoms with Crippen LogP contribution in [-0.2, 0) is 9.59 Å². The topological polar surface area (TPSA) is 90.0 Å². The van der Waals surface area contributed by atoms with Crippen LogP contribution in [0.3, 0.4) is 0 Å². The van der Waals surface area contributed by atoms with Crippen LogP contribution < -0.4 is 5.32 Å². The highest BCUT2D eigenvalue weighted by molar-refractivity contribution is 5.87. The molecule has 1 unspecified atom stereocenters. The number of nitrogens with one attached hydrogen (secondary N) is 1. The Labute approximate surface area is 93.0 Å². The molecule has 0 spiro atoms. The van der Waals surface area contributed by atoms with Crippen LogP contribution in [0.4, 0.5) is 4.79 Å². The maximum atomic E-state index is 11.5. The smallest absolute Gasteiger partial charge is 0.325 e. The van der Waals surface area contributed by atoms with Crippen LogP contribution >= 0.6 is 0 Å². The first-order valence-electron chi connectivity index (χ1n) is 4.94. The predicted octanol–water partition coefficient (Wildman–Crippen LogP) is -1.06. The van der Waals surface area contributed by atoms with Crippen molar-refractivity contribution >= 4 is 17.9 Å².